The third-order valence-electron chi connectivity index (χ3n) is 25.1. The van der Waals surface area contributed by atoms with E-state index in [1.54, 1.807) is 34.6 Å². The minimum atomic E-state index is -1.47. The first-order valence-electron chi connectivity index (χ1n) is 53.6. The molecule has 1 fully saturated rings. The van der Waals surface area contributed by atoms with E-state index in [1.807, 2.05) is 41.5 Å². The number of nitrogens with two attached hydrogens (primary N) is 9. The lowest BCUT2D eigenvalue weighted by atomic mass is 9.98. The quantitative estimate of drug-likeness (QED) is 0.0222. The standard InChI is InChI=1S/C100H183N29O20S/c1-14-30-82(131)114-78(53-81(108)130)98(147)126-77(52-64-54-110-56-111-64)97(146)120-67(33-17-24-41-103)87(136)116-65(31-15-22-39-101)86(135)112-63(13)85(134)122-73(48-58(4)5)93(142)117-68(34-18-25-42-104)89(138)123-72(47-57(2)3)92(141)113-62(12)84(133)115-66(32-16-23-40-102)88(137)121-71(37-21-28-45-107)100(149)129-46-29-38-80(129)99(148)127-76(51-61(10)11)95(144)118-69(35-19-26-43-105)90(139)124-75(50-60(8)9)96(145)125-74(49-59(6)7)94(143)119-70(36-20-27-44-106)91(140)128-79(55-150)83(109)132/h54,56-63,65-80,150H,14-53,55,101-107H2,1-13H3,(H2,108,130)(H2,109,132)(H,110,111)(H,112,135)(H,113,141)(H,114,131)(H,115,133)(H,116,136)(H,117,142)(H,118,144)(H,119,143)(H,120,146)(H,121,137)(H,122,134)(H,123,138)(H,124,139)(H,125,145)(H,126,147)(H,127,148)(H,128,140)/t62-,63-,65-,66-,67-,68-,69-,70-,71-,72-,73-,74-,75-,76-,77-,78-,79-,80-/m0/s1. The molecule has 0 spiro atoms. The number of rotatable bonds is 80. The Hall–Kier alpha value is -11.3. The van der Waals surface area contributed by atoms with E-state index < -0.39 is 233 Å². The second-order valence-corrected chi connectivity index (χ2v) is 41.4. The number of imidazole rings is 1. The maximum atomic E-state index is 15.1. The molecule has 854 valence electrons. The number of nitrogens with one attached hydrogen (secondary N) is 18. The van der Waals surface area contributed by atoms with E-state index in [9.17, 15) is 91.1 Å². The summed E-state index contributed by atoms with van der Waals surface area (Å²) in [5.74, 6) is -17.0. The highest BCUT2D eigenvalue weighted by molar-refractivity contribution is 7.80. The third kappa shape index (κ3) is 53.1. The smallest absolute Gasteiger partial charge is 0.245 e. The van der Waals surface area contributed by atoms with E-state index in [-0.39, 0.29) is 177 Å². The van der Waals surface area contributed by atoms with Crippen molar-refractivity contribution in [3.8, 4) is 0 Å². The van der Waals surface area contributed by atoms with E-state index in [2.05, 4.69) is 113 Å². The summed E-state index contributed by atoms with van der Waals surface area (Å²) < 4.78 is 0. The van der Waals surface area contributed by atoms with Gasteiger partial charge in [0.2, 0.25) is 118 Å². The highest BCUT2D eigenvalue weighted by Crippen LogP contribution is 2.24. The van der Waals surface area contributed by atoms with Gasteiger partial charge in [-0.1, -0.05) is 76.2 Å². The van der Waals surface area contributed by atoms with Crippen LogP contribution < -0.4 is 142 Å². The molecule has 50 heteroatoms. The molecule has 1 aliphatic rings. The summed E-state index contributed by atoms with van der Waals surface area (Å²) in [6.07, 6.45) is 8.51. The average Bonchev–Trinajstić information content (AvgIpc) is 1.70. The average molecular weight is 2140 g/mol. The molecule has 0 radical (unpaired) electrons. The van der Waals surface area contributed by atoms with Gasteiger partial charge in [-0.2, -0.15) is 12.6 Å². The molecule has 1 saturated heterocycles. The Bertz CT molecular complexity index is 4360. The number of hydrogen-bond donors (Lipinski definition) is 28. The van der Waals surface area contributed by atoms with Crippen LogP contribution in [-0.2, 0) is 102 Å². The van der Waals surface area contributed by atoms with Gasteiger partial charge in [-0.15, -0.1) is 0 Å². The van der Waals surface area contributed by atoms with E-state index >= 15 is 4.79 Å². The van der Waals surface area contributed by atoms with Crippen LogP contribution in [0, 0.1) is 29.6 Å². The van der Waals surface area contributed by atoms with Crippen molar-refractivity contribution >= 4 is 131 Å². The molecule has 0 aliphatic carbocycles. The van der Waals surface area contributed by atoms with Crippen LogP contribution >= 0.6 is 12.6 Å². The van der Waals surface area contributed by atoms with Crippen LogP contribution in [0.1, 0.15) is 295 Å². The molecule has 18 atom stereocenters. The molecule has 49 nitrogen and oxygen atoms in total. The summed E-state index contributed by atoms with van der Waals surface area (Å²) in [6, 6.07) is -23.6. The van der Waals surface area contributed by atoms with Crippen molar-refractivity contribution in [2.24, 2.45) is 81.2 Å². The third-order valence-corrected chi connectivity index (χ3v) is 25.4. The molecular formula is C100H183N29O20S. The van der Waals surface area contributed by atoms with Crippen LogP contribution in [0.15, 0.2) is 12.5 Å². The zero-order chi connectivity index (χ0) is 113. The van der Waals surface area contributed by atoms with Gasteiger partial charge in [0.25, 0.3) is 0 Å². The van der Waals surface area contributed by atoms with Crippen LogP contribution in [-0.4, -0.2) is 300 Å². The maximum Gasteiger partial charge on any atom is 0.245 e. The van der Waals surface area contributed by atoms with Gasteiger partial charge >= 0.3 is 0 Å². The van der Waals surface area contributed by atoms with Crippen LogP contribution in [0.25, 0.3) is 0 Å². The van der Waals surface area contributed by atoms with Crippen LogP contribution in [0.5, 0.6) is 0 Å². The van der Waals surface area contributed by atoms with Crippen molar-refractivity contribution in [1.82, 2.24) is 105 Å². The fraction of sp³-hybridized carbons (Fsp3) is 0.770. The lowest BCUT2D eigenvalue weighted by Gasteiger charge is -2.31. The first-order valence-corrected chi connectivity index (χ1v) is 54.2. The zero-order valence-corrected chi connectivity index (χ0v) is 91.5. The topological polar surface area (TPSA) is 812 Å². The highest BCUT2D eigenvalue weighted by atomic mass is 32.1. The number of carbonyl (C=O) groups excluding carboxylic acids is 20. The number of carbonyl (C=O) groups is 20. The molecule has 150 heavy (non-hydrogen) atoms. The van der Waals surface area contributed by atoms with Gasteiger partial charge in [0.05, 0.1) is 12.7 Å². The molecule has 0 bridgehead atoms. The number of primary amides is 2. The van der Waals surface area contributed by atoms with Gasteiger partial charge in [0.15, 0.2) is 0 Å². The molecule has 0 saturated carbocycles. The Morgan fingerprint density at radius 1 is 0.333 bits per heavy atom. The maximum absolute atomic E-state index is 15.1. The summed E-state index contributed by atoms with van der Waals surface area (Å²) >= 11 is 4.13. The largest absolute Gasteiger partial charge is 0.370 e. The molecule has 2 rings (SSSR count). The Kier molecular flexibility index (Phi) is 67.0. The number of H-pyrrole nitrogens is 1. The number of aromatic amines is 1. The lowest BCUT2D eigenvalue weighted by molar-refractivity contribution is -0.143. The fourth-order valence-corrected chi connectivity index (χ4v) is 17.2. The van der Waals surface area contributed by atoms with Crippen molar-refractivity contribution in [1.29, 1.82) is 0 Å². The second kappa shape index (κ2) is 74.6. The van der Waals surface area contributed by atoms with Gasteiger partial charge in [-0.25, -0.2) is 4.98 Å². The predicted molar refractivity (Wildman–Crippen MR) is 571 cm³/mol. The van der Waals surface area contributed by atoms with E-state index in [0.29, 0.717) is 115 Å². The van der Waals surface area contributed by atoms with Crippen molar-refractivity contribution in [2.75, 3.05) is 58.1 Å². The molecule has 36 N–H and O–H groups in total. The minimum Gasteiger partial charge on any atom is -0.370 e. The molecule has 1 aromatic rings. The number of thiol groups is 1. The Labute approximate surface area is 889 Å². The number of unbranched alkanes of at least 4 members (excludes halogenated alkanes) is 7. The monoisotopic (exact) mass is 2140 g/mol. The Morgan fingerprint density at radius 2 is 0.593 bits per heavy atom. The normalized spacial score (nSPS) is 15.9. The first kappa shape index (κ1) is 135. The SMILES string of the molecule is CCCC(=O)N[C@@H](CC(N)=O)C(=O)N[C@@H](Cc1cnc[nH]1)C(=O)N[C@@H](CCCCN)C(=O)N[C@@H](CCCCN)C(=O)N[C@@H](C)C(=O)N[C@@H](CC(C)C)C(=O)N[C@@H](CCCCN)C(=O)N[C@@H](CC(C)C)C(=O)N[C@@H](C)C(=O)N[C@@H](CCCCN)C(=O)N[C@@H](CCCCN)C(=O)N1CCC[C@H]1C(=O)N[C@@H](CC(C)C)C(=O)N[C@@H](CCCCN)C(=O)N[C@@H](CC(C)C)C(=O)N[C@@H](CC(C)C)C(=O)N[C@@H](CCCCN)C(=O)N[C@@H](CS)C(N)=O. The van der Waals surface area contributed by atoms with Crippen molar-refractivity contribution in [3.05, 3.63) is 18.2 Å². The van der Waals surface area contributed by atoms with Crippen molar-refractivity contribution in [3.63, 3.8) is 0 Å². The number of likely N-dealkylation sites (tertiary alicyclic amines) is 1. The number of amides is 20. The number of hydrogen-bond acceptors (Lipinski definition) is 29. The summed E-state index contributed by atoms with van der Waals surface area (Å²) in [6.45, 7) is 24.1. The van der Waals surface area contributed by atoms with Gasteiger partial charge in [0.1, 0.15) is 109 Å². The van der Waals surface area contributed by atoms with E-state index in [0.717, 1.165) is 0 Å². The van der Waals surface area contributed by atoms with Crippen molar-refractivity contribution < 1.29 is 95.9 Å². The van der Waals surface area contributed by atoms with Crippen LogP contribution in [0.4, 0.5) is 0 Å². The number of nitrogens with zero attached hydrogens (tertiary/aromatic N) is 2. The van der Waals surface area contributed by atoms with Gasteiger partial charge in [0, 0.05) is 37.0 Å². The lowest BCUT2D eigenvalue weighted by Crippen LogP contribution is -2.61. The summed E-state index contributed by atoms with van der Waals surface area (Å²) in [5, 5.41) is 46.1. The first-order chi connectivity index (χ1) is 71.1. The molecule has 1 aliphatic heterocycles. The summed E-state index contributed by atoms with van der Waals surface area (Å²) in [5.41, 5.74) is 52.5. The summed E-state index contributed by atoms with van der Waals surface area (Å²) in [7, 11) is 0. The van der Waals surface area contributed by atoms with E-state index in [1.165, 1.54) is 31.3 Å². The molecule has 0 unspecified atom stereocenters. The summed E-state index contributed by atoms with van der Waals surface area (Å²) in [4.78, 5) is 292. The fourth-order valence-electron chi connectivity index (χ4n) is 16.9. The minimum absolute atomic E-state index is 0.00303. The Balaban J connectivity index is 2.50. The second-order valence-electron chi connectivity index (χ2n) is 41.1. The molecule has 1 aromatic heterocycles. The molecule has 2 heterocycles. The van der Waals surface area contributed by atoms with Gasteiger partial charge < -0.3 is 152 Å². The molecule has 20 amide bonds. The van der Waals surface area contributed by atoms with Crippen molar-refractivity contribution in [2.45, 2.75) is 404 Å². The van der Waals surface area contributed by atoms with Crippen LogP contribution in [0.2, 0.25) is 0 Å². The van der Waals surface area contributed by atoms with Gasteiger partial charge in [-0.05, 0) is 275 Å². The molecular weight excluding hydrogens is 1960 g/mol. The molecule has 0 aromatic carbocycles. The highest BCUT2D eigenvalue weighted by Gasteiger charge is 2.43. The Morgan fingerprint density at radius 3 is 0.887 bits per heavy atom. The predicted octanol–water partition coefficient (Wildman–Crippen LogP) is -3.55. The van der Waals surface area contributed by atoms with Gasteiger partial charge in [-0.3, -0.25) is 95.9 Å². The van der Waals surface area contributed by atoms with E-state index in [4.69, 9.17) is 51.6 Å². The van der Waals surface area contributed by atoms with Crippen LogP contribution in [0.3, 0.4) is 0 Å². The zero-order valence-electron chi connectivity index (χ0n) is 90.6. The number of aromatic nitrogens is 2.